The number of halogens is 1. The summed E-state index contributed by atoms with van der Waals surface area (Å²) in [5.74, 6) is 0.455. The van der Waals surface area contributed by atoms with Crippen LogP contribution in [0, 0.1) is 11.7 Å². The van der Waals surface area contributed by atoms with Crippen LogP contribution in [0.25, 0.3) is 0 Å². The van der Waals surface area contributed by atoms with Gasteiger partial charge < -0.3 is 10.0 Å². The van der Waals surface area contributed by atoms with Gasteiger partial charge in [0.25, 0.3) is 0 Å². The topological polar surface area (TPSA) is 23.5 Å². The Bertz CT molecular complexity index is 344. The molecule has 0 aliphatic heterocycles. The molecule has 2 rings (SSSR count). The zero-order chi connectivity index (χ0) is 12.3. The number of hydrogen-bond donors (Lipinski definition) is 1. The van der Waals surface area contributed by atoms with Gasteiger partial charge in [0.2, 0.25) is 0 Å². The highest BCUT2D eigenvalue weighted by atomic mass is 19.1. The van der Waals surface area contributed by atoms with Crippen LogP contribution in [0.5, 0.6) is 0 Å². The van der Waals surface area contributed by atoms with Crippen molar-refractivity contribution < 1.29 is 9.50 Å². The Kier molecular flexibility index (Phi) is 4.00. The van der Waals surface area contributed by atoms with Crippen LogP contribution in [0.1, 0.15) is 25.7 Å². The van der Waals surface area contributed by atoms with E-state index in [-0.39, 0.29) is 11.9 Å². The maximum atomic E-state index is 12.8. The first-order valence-corrected chi connectivity index (χ1v) is 6.30. The molecule has 0 spiro atoms. The molecule has 1 aromatic carbocycles. The van der Waals surface area contributed by atoms with E-state index < -0.39 is 0 Å². The van der Waals surface area contributed by atoms with E-state index in [1.807, 2.05) is 19.2 Å². The van der Waals surface area contributed by atoms with E-state index in [2.05, 4.69) is 4.90 Å². The molecular weight excluding hydrogens is 217 g/mol. The fourth-order valence-electron chi connectivity index (χ4n) is 2.52. The molecule has 0 radical (unpaired) electrons. The number of aliphatic hydroxyl groups is 1. The molecule has 0 unspecified atom stereocenters. The second-order valence-corrected chi connectivity index (χ2v) is 5.03. The second kappa shape index (κ2) is 5.50. The Hall–Kier alpha value is -1.09. The minimum absolute atomic E-state index is 0.0950. The summed E-state index contributed by atoms with van der Waals surface area (Å²) in [5, 5.41) is 9.45. The first kappa shape index (κ1) is 12.4. The summed E-state index contributed by atoms with van der Waals surface area (Å²) in [6.45, 7) is 0.984. The molecule has 0 amide bonds. The van der Waals surface area contributed by atoms with E-state index in [0.29, 0.717) is 5.92 Å². The lowest BCUT2D eigenvalue weighted by molar-refractivity contribution is 0.110. The lowest BCUT2D eigenvalue weighted by Crippen LogP contribution is -2.29. The maximum Gasteiger partial charge on any atom is 0.123 e. The molecule has 2 nitrogen and oxygen atoms in total. The highest BCUT2D eigenvalue weighted by Gasteiger charge is 2.20. The highest BCUT2D eigenvalue weighted by molar-refractivity contribution is 5.45. The number of nitrogens with zero attached hydrogens (tertiary/aromatic N) is 1. The molecule has 94 valence electrons. The van der Waals surface area contributed by atoms with Gasteiger partial charge in [0.05, 0.1) is 6.10 Å². The van der Waals surface area contributed by atoms with Gasteiger partial charge in [-0.3, -0.25) is 0 Å². The van der Waals surface area contributed by atoms with Crippen LogP contribution < -0.4 is 4.90 Å². The quantitative estimate of drug-likeness (QED) is 0.873. The van der Waals surface area contributed by atoms with Gasteiger partial charge in [-0.1, -0.05) is 0 Å². The largest absolute Gasteiger partial charge is 0.393 e. The van der Waals surface area contributed by atoms with Gasteiger partial charge in [0.1, 0.15) is 5.82 Å². The first-order chi connectivity index (χ1) is 8.15. The van der Waals surface area contributed by atoms with Gasteiger partial charge in [-0.15, -0.1) is 0 Å². The molecule has 0 saturated heterocycles. The van der Waals surface area contributed by atoms with Crippen LogP contribution in [0.15, 0.2) is 24.3 Å². The normalized spacial score (nSPS) is 24.6. The predicted molar refractivity (Wildman–Crippen MR) is 67.6 cm³/mol. The van der Waals surface area contributed by atoms with Crippen LogP contribution in [0.3, 0.4) is 0 Å². The van der Waals surface area contributed by atoms with Gasteiger partial charge in [-0.25, -0.2) is 4.39 Å². The fourth-order valence-corrected chi connectivity index (χ4v) is 2.52. The molecule has 1 saturated carbocycles. The fraction of sp³-hybridized carbons (Fsp3) is 0.571. The standard InChI is InChI=1S/C14H20FNO/c1-16(13-6-4-12(15)5-7-13)10-11-2-8-14(17)9-3-11/h4-7,11,14,17H,2-3,8-10H2,1H3. The number of benzene rings is 1. The Labute approximate surface area is 102 Å². The van der Waals surface area contributed by atoms with E-state index >= 15 is 0 Å². The molecule has 1 aromatic rings. The molecule has 0 bridgehead atoms. The van der Waals surface area contributed by atoms with E-state index in [0.717, 1.165) is 37.9 Å². The zero-order valence-corrected chi connectivity index (χ0v) is 10.3. The lowest BCUT2D eigenvalue weighted by Gasteiger charge is -2.30. The molecule has 17 heavy (non-hydrogen) atoms. The van der Waals surface area contributed by atoms with Crippen molar-refractivity contribution in [1.82, 2.24) is 0 Å². The average Bonchev–Trinajstić information content (AvgIpc) is 2.33. The molecular formula is C14H20FNO. The Balaban J connectivity index is 1.88. The molecule has 1 aliphatic rings. The highest BCUT2D eigenvalue weighted by Crippen LogP contribution is 2.26. The maximum absolute atomic E-state index is 12.8. The van der Waals surface area contributed by atoms with Crippen molar-refractivity contribution in [3.63, 3.8) is 0 Å². The summed E-state index contributed by atoms with van der Waals surface area (Å²) in [6, 6.07) is 6.62. The summed E-state index contributed by atoms with van der Waals surface area (Å²) >= 11 is 0. The third-order valence-electron chi connectivity index (χ3n) is 3.62. The third-order valence-corrected chi connectivity index (χ3v) is 3.62. The van der Waals surface area contributed by atoms with Gasteiger partial charge in [0.15, 0.2) is 0 Å². The van der Waals surface area contributed by atoms with E-state index in [1.54, 1.807) is 0 Å². The van der Waals surface area contributed by atoms with E-state index in [4.69, 9.17) is 0 Å². The van der Waals surface area contributed by atoms with Crippen LogP contribution in [-0.4, -0.2) is 24.8 Å². The minimum atomic E-state index is -0.192. The summed E-state index contributed by atoms with van der Waals surface area (Å²) in [7, 11) is 2.04. The number of anilines is 1. The molecule has 1 N–H and O–H groups in total. The number of rotatable bonds is 3. The van der Waals surface area contributed by atoms with Crippen molar-refractivity contribution in [3.8, 4) is 0 Å². The zero-order valence-electron chi connectivity index (χ0n) is 10.3. The van der Waals surface area contributed by atoms with Crippen LogP contribution in [-0.2, 0) is 0 Å². The van der Waals surface area contributed by atoms with Crippen LogP contribution in [0.2, 0.25) is 0 Å². The van der Waals surface area contributed by atoms with Crippen molar-refractivity contribution in [2.45, 2.75) is 31.8 Å². The van der Waals surface area contributed by atoms with Crippen molar-refractivity contribution >= 4 is 5.69 Å². The van der Waals surface area contributed by atoms with Crippen molar-refractivity contribution in [3.05, 3.63) is 30.1 Å². The molecule has 1 aliphatic carbocycles. The summed E-state index contributed by atoms with van der Waals surface area (Å²) < 4.78 is 12.8. The molecule has 1 fully saturated rings. The minimum Gasteiger partial charge on any atom is -0.393 e. The summed E-state index contributed by atoms with van der Waals surface area (Å²) in [4.78, 5) is 2.17. The Morgan fingerprint density at radius 1 is 1.18 bits per heavy atom. The summed E-state index contributed by atoms with van der Waals surface area (Å²) in [6.07, 6.45) is 3.92. The SMILES string of the molecule is CN(CC1CCC(O)CC1)c1ccc(F)cc1. The van der Waals surface area contributed by atoms with Gasteiger partial charge >= 0.3 is 0 Å². The van der Waals surface area contributed by atoms with Crippen molar-refractivity contribution in [1.29, 1.82) is 0 Å². The summed E-state index contributed by atoms with van der Waals surface area (Å²) in [5.41, 5.74) is 1.05. The van der Waals surface area contributed by atoms with Gasteiger partial charge in [-0.05, 0) is 55.9 Å². The van der Waals surface area contributed by atoms with Crippen molar-refractivity contribution in [2.24, 2.45) is 5.92 Å². The second-order valence-electron chi connectivity index (χ2n) is 5.03. The molecule has 0 aromatic heterocycles. The monoisotopic (exact) mass is 237 g/mol. The van der Waals surface area contributed by atoms with Crippen LogP contribution >= 0.6 is 0 Å². The smallest absolute Gasteiger partial charge is 0.123 e. The van der Waals surface area contributed by atoms with Gasteiger partial charge in [-0.2, -0.15) is 0 Å². The van der Waals surface area contributed by atoms with E-state index in [9.17, 15) is 9.50 Å². The van der Waals surface area contributed by atoms with Crippen LogP contribution in [0.4, 0.5) is 10.1 Å². The molecule has 0 atom stereocenters. The lowest BCUT2D eigenvalue weighted by atomic mass is 9.87. The number of hydrogen-bond acceptors (Lipinski definition) is 2. The van der Waals surface area contributed by atoms with E-state index in [1.165, 1.54) is 12.1 Å². The Morgan fingerprint density at radius 3 is 2.35 bits per heavy atom. The van der Waals surface area contributed by atoms with Gasteiger partial charge in [0, 0.05) is 19.3 Å². The third kappa shape index (κ3) is 3.43. The molecule has 3 heteroatoms. The molecule has 0 heterocycles. The van der Waals surface area contributed by atoms with Crippen molar-refractivity contribution in [2.75, 3.05) is 18.5 Å². The average molecular weight is 237 g/mol. The first-order valence-electron chi connectivity index (χ1n) is 6.30. The number of aliphatic hydroxyl groups excluding tert-OH is 1. The Morgan fingerprint density at radius 2 is 1.76 bits per heavy atom. The predicted octanol–water partition coefficient (Wildman–Crippen LogP) is 2.81.